The lowest BCUT2D eigenvalue weighted by Crippen LogP contribution is -2.44. The van der Waals surface area contributed by atoms with Crippen LogP contribution in [0.3, 0.4) is 0 Å². The molecule has 4 nitrogen and oxygen atoms in total. The van der Waals surface area contributed by atoms with E-state index in [-0.39, 0.29) is 0 Å². The van der Waals surface area contributed by atoms with Crippen molar-refractivity contribution in [2.75, 3.05) is 19.6 Å². The molecule has 0 spiro atoms. The number of nitrogens with one attached hydrogen (secondary N) is 2. The fraction of sp³-hybridized carbons (Fsp3) is 0.526. The summed E-state index contributed by atoms with van der Waals surface area (Å²) < 4.78 is 1.34. The van der Waals surface area contributed by atoms with Gasteiger partial charge in [0, 0.05) is 36.4 Å². The standard InChI is InChI=1S/C19H26N4S/c1-2-20-19(22-15-9-10-23(12-15)16-7-8-16)21-11-14-13-24-18-6-4-3-5-17(14)18/h3-6,13,15-16H,2,7-12H2,1H3,(H2,20,21,22). The molecule has 2 aromatic rings. The second-order valence-corrected chi connectivity index (χ2v) is 7.72. The quantitative estimate of drug-likeness (QED) is 0.647. The Morgan fingerprint density at radius 1 is 1.29 bits per heavy atom. The van der Waals surface area contributed by atoms with Crippen LogP contribution in [-0.4, -0.2) is 42.6 Å². The molecule has 0 radical (unpaired) electrons. The molecule has 1 aliphatic carbocycles. The molecular weight excluding hydrogens is 316 g/mol. The van der Waals surface area contributed by atoms with Gasteiger partial charge in [-0.2, -0.15) is 0 Å². The second-order valence-electron chi connectivity index (χ2n) is 6.81. The summed E-state index contributed by atoms with van der Waals surface area (Å²) in [6, 6.07) is 9.99. The van der Waals surface area contributed by atoms with Crippen molar-refractivity contribution in [1.82, 2.24) is 15.5 Å². The van der Waals surface area contributed by atoms with Crippen molar-refractivity contribution < 1.29 is 0 Å². The number of fused-ring (bicyclic) bond motifs is 1. The number of guanidine groups is 1. The third-order valence-corrected chi connectivity index (χ3v) is 5.95. The van der Waals surface area contributed by atoms with Gasteiger partial charge in [-0.05, 0) is 48.6 Å². The van der Waals surface area contributed by atoms with Crippen LogP contribution in [0.15, 0.2) is 34.6 Å². The summed E-state index contributed by atoms with van der Waals surface area (Å²) in [5, 5.41) is 10.6. The van der Waals surface area contributed by atoms with Crippen LogP contribution < -0.4 is 10.6 Å². The maximum atomic E-state index is 4.84. The minimum atomic E-state index is 0.530. The lowest BCUT2D eigenvalue weighted by Gasteiger charge is -2.18. The maximum Gasteiger partial charge on any atom is 0.191 e. The molecule has 1 aromatic carbocycles. The van der Waals surface area contributed by atoms with Gasteiger partial charge in [0.25, 0.3) is 0 Å². The molecule has 1 atom stereocenters. The molecule has 24 heavy (non-hydrogen) atoms. The Labute approximate surface area is 148 Å². The zero-order chi connectivity index (χ0) is 16.4. The minimum Gasteiger partial charge on any atom is -0.357 e. The number of nitrogens with zero attached hydrogens (tertiary/aromatic N) is 2. The molecule has 1 unspecified atom stereocenters. The first kappa shape index (κ1) is 15.9. The number of aliphatic imine (C=N–C) groups is 1. The Morgan fingerprint density at radius 3 is 3.00 bits per heavy atom. The second kappa shape index (κ2) is 7.11. The van der Waals surface area contributed by atoms with Gasteiger partial charge >= 0.3 is 0 Å². The van der Waals surface area contributed by atoms with Gasteiger partial charge in [0.05, 0.1) is 6.54 Å². The van der Waals surface area contributed by atoms with Crippen LogP contribution in [0.5, 0.6) is 0 Å². The van der Waals surface area contributed by atoms with Gasteiger partial charge < -0.3 is 10.6 Å². The molecule has 2 fully saturated rings. The van der Waals surface area contributed by atoms with Crippen LogP contribution in [0.2, 0.25) is 0 Å². The van der Waals surface area contributed by atoms with E-state index in [1.165, 1.54) is 41.5 Å². The SMILES string of the molecule is CCNC(=NCc1csc2ccccc12)NC1CCN(C2CC2)C1. The highest BCUT2D eigenvalue weighted by atomic mass is 32.1. The van der Waals surface area contributed by atoms with E-state index in [1.54, 1.807) is 11.3 Å². The summed E-state index contributed by atoms with van der Waals surface area (Å²) in [6.07, 6.45) is 4.01. The van der Waals surface area contributed by atoms with Gasteiger partial charge in [-0.25, -0.2) is 4.99 Å². The van der Waals surface area contributed by atoms with E-state index in [4.69, 9.17) is 4.99 Å². The zero-order valence-corrected chi connectivity index (χ0v) is 15.1. The van der Waals surface area contributed by atoms with E-state index >= 15 is 0 Å². The minimum absolute atomic E-state index is 0.530. The van der Waals surface area contributed by atoms with Crippen LogP contribution in [-0.2, 0) is 6.54 Å². The number of likely N-dealkylation sites (tertiary alicyclic amines) is 1. The fourth-order valence-electron chi connectivity index (χ4n) is 3.51. The Balaban J connectivity index is 1.41. The molecule has 1 aromatic heterocycles. The highest BCUT2D eigenvalue weighted by Crippen LogP contribution is 2.30. The summed E-state index contributed by atoms with van der Waals surface area (Å²) in [5.74, 6) is 0.954. The molecule has 2 N–H and O–H groups in total. The fourth-order valence-corrected chi connectivity index (χ4v) is 4.46. The topological polar surface area (TPSA) is 39.7 Å². The molecular formula is C19H26N4S. The average Bonchev–Trinajstić information content (AvgIpc) is 3.21. The summed E-state index contributed by atoms with van der Waals surface area (Å²) in [4.78, 5) is 7.47. The predicted molar refractivity (Wildman–Crippen MR) is 103 cm³/mol. The van der Waals surface area contributed by atoms with Crippen molar-refractivity contribution in [1.29, 1.82) is 0 Å². The summed E-state index contributed by atoms with van der Waals surface area (Å²) in [6.45, 7) is 6.16. The molecule has 2 aliphatic rings. The molecule has 128 valence electrons. The smallest absolute Gasteiger partial charge is 0.191 e. The van der Waals surface area contributed by atoms with E-state index in [9.17, 15) is 0 Å². The van der Waals surface area contributed by atoms with E-state index in [2.05, 4.69) is 52.1 Å². The monoisotopic (exact) mass is 342 g/mol. The van der Waals surface area contributed by atoms with E-state index in [0.717, 1.165) is 31.6 Å². The number of rotatable bonds is 5. The summed E-state index contributed by atoms with van der Waals surface area (Å²) in [7, 11) is 0. The largest absolute Gasteiger partial charge is 0.357 e. The van der Waals surface area contributed by atoms with Gasteiger partial charge in [0.1, 0.15) is 0 Å². The van der Waals surface area contributed by atoms with Crippen molar-refractivity contribution in [2.24, 2.45) is 4.99 Å². The van der Waals surface area contributed by atoms with Gasteiger partial charge in [-0.1, -0.05) is 18.2 Å². The first-order valence-electron chi connectivity index (χ1n) is 9.07. The molecule has 4 rings (SSSR count). The molecule has 1 saturated heterocycles. The van der Waals surface area contributed by atoms with Crippen molar-refractivity contribution in [2.45, 2.75) is 44.8 Å². The third kappa shape index (κ3) is 3.57. The van der Waals surface area contributed by atoms with Crippen molar-refractivity contribution in [3.05, 3.63) is 35.2 Å². The number of thiophene rings is 1. The first-order valence-corrected chi connectivity index (χ1v) is 9.95. The van der Waals surface area contributed by atoms with Crippen LogP contribution in [0.25, 0.3) is 10.1 Å². The Kier molecular flexibility index (Phi) is 4.72. The van der Waals surface area contributed by atoms with Gasteiger partial charge in [-0.15, -0.1) is 11.3 Å². The van der Waals surface area contributed by atoms with Crippen LogP contribution >= 0.6 is 11.3 Å². The van der Waals surface area contributed by atoms with Gasteiger partial charge in [0.15, 0.2) is 5.96 Å². The van der Waals surface area contributed by atoms with Crippen LogP contribution in [0.4, 0.5) is 0 Å². The van der Waals surface area contributed by atoms with Crippen molar-refractivity contribution >= 4 is 27.4 Å². The predicted octanol–water partition coefficient (Wildman–Crippen LogP) is 3.19. The van der Waals surface area contributed by atoms with E-state index < -0.39 is 0 Å². The van der Waals surface area contributed by atoms with Crippen LogP contribution in [0, 0.1) is 0 Å². The lowest BCUT2D eigenvalue weighted by molar-refractivity contribution is 0.321. The van der Waals surface area contributed by atoms with Crippen molar-refractivity contribution in [3.63, 3.8) is 0 Å². The third-order valence-electron chi connectivity index (χ3n) is 4.94. The number of benzene rings is 1. The molecule has 5 heteroatoms. The first-order chi connectivity index (χ1) is 11.8. The molecule has 1 aliphatic heterocycles. The number of hydrogen-bond donors (Lipinski definition) is 2. The Hall–Kier alpha value is -1.59. The average molecular weight is 343 g/mol. The zero-order valence-electron chi connectivity index (χ0n) is 14.3. The lowest BCUT2D eigenvalue weighted by atomic mass is 10.2. The Bertz CT molecular complexity index is 719. The maximum absolute atomic E-state index is 4.84. The van der Waals surface area contributed by atoms with Gasteiger partial charge in [-0.3, -0.25) is 4.90 Å². The van der Waals surface area contributed by atoms with Crippen LogP contribution in [0.1, 0.15) is 31.7 Å². The molecule has 0 amide bonds. The highest BCUT2D eigenvalue weighted by Gasteiger charge is 2.34. The molecule has 2 heterocycles. The number of hydrogen-bond acceptors (Lipinski definition) is 3. The summed E-state index contributed by atoms with van der Waals surface area (Å²) >= 11 is 1.81. The molecule has 1 saturated carbocycles. The highest BCUT2D eigenvalue weighted by molar-refractivity contribution is 7.17. The molecule has 0 bridgehead atoms. The normalized spacial score (nSPS) is 22.2. The van der Waals surface area contributed by atoms with E-state index in [0.29, 0.717) is 6.04 Å². The van der Waals surface area contributed by atoms with E-state index in [1.807, 2.05) is 0 Å². The summed E-state index contributed by atoms with van der Waals surface area (Å²) in [5.41, 5.74) is 1.32. The van der Waals surface area contributed by atoms with Gasteiger partial charge in [0.2, 0.25) is 0 Å². The van der Waals surface area contributed by atoms with Crippen molar-refractivity contribution in [3.8, 4) is 0 Å². The Morgan fingerprint density at radius 2 is 2.17 bits per heavy atom.